The van der Waals surface area contributed by atoms with Gasteiger partial charge in [0.2, 0.25) is 5.91 Å². The molecule has 0 heterocycles. The summed E-state index contributed by atoms with van der Waals surface area (Å²) in [7, 11) is 0. The van der Waals surface area contributed by atoms with Crippen molar-refractivity contribution in [3.05, 3.63) is 29.8 Å². The average molecular weight is 234 g/mol. The summed E-state index contributed by atoms with van der Waals surface area (Å²) in [4.78, 5) is 11.6. The molecule has 0 saturated carbocycles. The zero-order chi connectivity index (χ0) is 12.7. The molecule has 0 fully saturated rings. The summed E-state index contributed by atoms with van der Waals surface area (Å²) >= 11 is 0. The number of benzene rings is 1. The second-order valence-corrected chi connectivity index (χ2v) is 4.46. The predicted octanol–water partition coefficient (Wildman–Crippen LogP) is 2.58. The van der Waals surface area contributed by atoms with E-state index in [0.29, 0.717) is 12.5 Å². The summed E-state index contributed by atoms with van der Waals surface area (Å²) in [5.74, 6) is 0.0578. The fourth-order valence-electron chi connectivity index (χ4n) is 1.52. The van der Waals surface area contributed by atoms with E-state index in [-0.39, 0.29) is 5.91 Å². The molecule has 2 N–H and O–H groups in total. The lowest BCUT2D eigenvalue weighted by atomic mass is 10.1. The van der Waals surface area contributed by atoms with E-state index >= 15 is 0 Å². The second-order valence-electron chi connectivity index (χ2n) is 4.46. The molecule has 0 aliphatic heterocycles. The summed E-state index contributed by atoms with van der Waals surface area (Å²) < 4.78 is 0. The zero-order valence-corrected chi connectivity index (χ0v) is 10.9. The molecule has 94 valence electrons. The first kappa shape index (κ1) is 13.7. The van der Waals surface area contributed by atoms with Crippen LogP contribution >= 0.6 is 0 Å². The number of carbonyl (C=O) groups excluding carboxylic acids is 1. The molecule has 0 atom stereocenters. The Balaban J connectivity index is 2.34. The van der Waals surface area contributed by atoms with Crippen LogP contribution in [0.2, 0.25) is 0 Å². The molecule has 0 aromatic heterocycles. The van der Waals surface area contributed by atoms with Crippen molar-refractivity contribution in [3.63, 3.8) is 0 Å². The minimum Gasteiger partial charge on any atom is -0.326 e. The molecular formula is C14H22N2O. The highest BCUT2D eigenvalue weighted by atomic mass is 16.1. The van der Waals surface area contributed by atoms with Crippen LogP contribution in [-0.2, 0) is 11.2 Å². The molecule has 1 amide bonds. The van der Waals surface area contributed by atoms with Crippen LogP contribution in [0.4, 0.5) is 5.69 Å². The Morgan fingerprint density at radius 3 is 2.41 bits per heavy atom. The minimum atomic E-state index is 0.0578. The van der Waals surface area contributed by atoms with Gasteiger partial charge in [-0.15, -0.1) is 0 Å². The van der Waals surface area contributed by atoms with Crippen molar-refractivity contribution in [3.8, 4) is 0 Å². The van der Waals surface area contributed by atoms with Crippen molar-refractivity contribution in [2.45, 2.75) is 39.7 Å². The number of nitrogens with one attached hydrogen (secondary N) is 2. The van der Waals surface area contributed by atoms with Crippen LogP contribution in [0.3, 0.4) is 0 Å². The maximum Gasteiger partial charge on any atom is 0.225 e. The summed E-state index contributed by atoms with van der Waals surface area (Å²) in [6.45, 7) is 6.98. The maximum atomic E-state index is 11.6. The topological polar surface area (TPSA) is 41.1 Å². The standard InChI is InChI=1S/C14H22N2O/c1-4-12-5-7-13(8-6-12)16-14(17)9-10-15-11(2)3/h5-8,11,15H,4,9-10H2,1-3H3,(H,16,17). The third-order valence-electron chi connectivity index (χ3n) is 2.55. The van der Waals surface area contributed by atoms with Gasteiger partial charge < -0.3 is 10.6 Å². The van der Waals surface area contributed by atoms with Crippen molar-refractivity contribution in [1.29, 1.82) is 0 Å². The van der Waals surface area contributed by atoms with Gasteiger partial charge in [-0.1, -0.05) is 32.9 Å². The Bertz CT molecular complexity index is 344. The van der Waals surface area contributed by atoms with Crippen LogP contribution in [0.1, 0.15) is 32.8 Å². The van der Waals surface area contributed by atoms with E-state index in [1.807, 2.05) is 24.3 Å². The van der Waals surface area contributed by atoms with Crippen LogP contribution in [0, 0.1) is 0 Å². The first-order valence-electron chi connectivity index (χ1n) is 6.24. The Kier molecular flexibility index (Phi) is 5.70. The van der Waals surface area contributed by atoms with Gasteiger partial charge in [0.25, 0.3) is 0 Å². The molecular weight excluding hydrogens is 212 g/mol. The highest BCUT2D eigenvalue weighted by Gasteiger charge is 2.02. The third-order valence-corrected chi connectivity index (χ3v) is 2.55. The van der Waals surface area contributed by atoms with Crippen molar-refractivity contribution >= 4 is 11.6 Å². The molecule has 0 unspecified atom stereocenters. The Labute approximate surface area is 104 Å². The molecule has 0 aliphatic rings. The highest BCUT2D eigenvalue weighted by molar-refractivity contribution is 5.90. The van der Waals surface area contributed by atoms with Crippen molar-refractivity contribution in [2.24, 2.45) is 0 Å². The maximum absolute atomic E-state index is 11.6. The summed E-state index contributed by atoms with van der Waals surface area (Å²) in [6, 6.07) is 8.41. The van der Waals surface area contributed by atoms with Gasteiger partial charge in [0.1, 0.15) is 0 Å². The SMILES string of the molecule is CCc1ccc(NC(=O)CCNC(C)C)cc1. The monoisotopic (exact) mass is 234 g/mol. The van der Waals surface area contributed by atoms with Gasteiger partial charge in [-0.2, -0.15) is 0 Å². The lowest BCUT2D eigenvalue weighted by Gasteiger charge is -2.08. The minimum absolute atomic E-state index is 0.0578. The van der Waals surface area contributed by atoms with Gasteiger partial charge in [-0.3, -0.25) is 4.79 Å². The zero-order valence-electron chi connectivity index (χ0n) is 10.9. The van der Waals surface area contributed by atoms with E-state index < -0.39 is 0 Å². The number of hydrogen-bond donors (Lipinski definition) is 2. The molecule has 0 saturated heterocycles. The number of carbonyl (C=O) groups is 1. The first-order valence-corrected chi connectivity index (χ1v) is 6.24. The molecule has 0 radical (unpaired) electrons. The molecule has 3 heteroatoms. The van der Waals surface area contributed by atoms with E-state index in [1.165, 1.54) is 5.56 Å². The molecule has 1 aromatic rings. The molecule has 3 nitrogen and oxygen atoms in total. The van der Waals surface area contributed by atoms with Crippen LogP contribution in [0.25, 0.3) is 0 Å². The smallest absolute Gasteiger partial charge is 0.225 e. The molecule has 17 heavy (non-hydrogen) atoms. The van der Waals surface area contributed by atoms with Gasteiger partial charge >= 0.3 is 0 Å². The van der Waals surface area contributed by atoms with Crippen LogP contribution in [0.5, 0.6) is 0 Å². The average Bonchev–Trinajstić information content (AvgIpc) is 2.29. The lowest BCUT2D eigenvalue weighted by Crippen LogP contribution is -2.27. The Hall–Kier alpha value is -1.35. The summed E-state index contributed by atoms with van der Waals surface area (Å²) in [5.41, 5.74) is 2.15. The van der Waals surface area contributed by atoms with E-state index in [2.05, 4.69) is 31.4 Å². The fourth-order valence-corrected chi connectivity index (χ4v) is 1.52. The molecule has 0 bridgehead atoms. The van der Waals surface area contributed by atoms with Crippen molar-refractivity contribution in [2.75, 3.05) is 11.9 Å². The number of hydrogen-bond acceptors (Lipinski definition) is 2. The number of amides is 1. The Morgan fingerprint density at radius 1 is 1.24 bits per heavy atom. The summed E-state index contributed by atoms with van der Waals surface area (Å²) in [5, 5.41) is 6.11. The van der Waals surface area contributed by atoms with Gasteiger partial charge in [-0.25, -0.2) is 0 Å². The number of aryl methyl sites for hydroxylation is 1. The third kappa shape index (κ3) is 5.50. The van der Waals surface area contributed by atoms with Crippen molar-refractivity contribution < 1.29 is 4.79 Å². The van der Waals surface area contributed by atoms with E-state index in [4.69, 9.17) is 0 Å². The number of rotatable bonds is 6. The van der Waals surface area contributed by atoms with E-state index in [1.54, 1.807) is 0 Å². The van der Waals surface area contributed by atoms with Gasteiger partial charge in [-0.05, 0) is 24.1 Å². The normalized spacial score (nSPS) is 10.6. The van der Waals surface area contributed by atoms with Gasteiger partial charge in [0.15, 0.2) is 0 Å². The highest BCUT2D eigenvalue weighted by Crippen LogP contribution is 2.10. The lowest BCUT2D eigenvalue weighted by molar-refractivity contribution is -0.116. The summed E-state index contributed by atoms with van der Waals surface area (Å²) in [6.07, 6.45) is 1.53. The second kappa shape index (κ2) is 7.07. The van der Waals surface area contributed by atoms with E-state index in [0.717, 1.165) is 18.7 Å². The van der Waals surface area contributed by atoms with E-state index in [9.17, 15) is 4.79 Å². The molecule has 1 rings (SSSR count). The van der Waals surface area contributed by atoms with Gasteiger partial charge in [0, 0.05) is 24.7 Å². The fraction of sp³-hybridized carbons (Fsp3) is 0.500. The van der Waals surface area contributed by atoms with Gasteiger partial charge in [0.05, 0.1) is 0 Å². The molecule has 0 aliphatic carbocycles. The molecule has 1 aromatic carbocycles. The van der Waals surface area contributed by atoms with Crippen molar-refractivity contribution in [1.82, 2.24) is 5.32 Å². The first-order chi connectivity index (χ1) is 8.11. The largest absolute Gasteiger partial charge is 0.326 e. The Morgan fingerprint density at radius 2 is 1.88 bits per heavy atom. The predicted molar refractivity (Wildman–Crippen MR) is 72.2 cm³/mol. The van der Waals surface area contributed by atoms with Crippen LogP contribution < -0.4 is 10.6 Å². The molecule has 0 spiro atoms. The number of anilines is 1. The quantitative estimate of drug-likeness (QED) is 0.794. The van der Waals surface area contributed by atoms with Crippen LogP contribution in [-0.4, -0.2) is 18.5 Å². The van der Waals surface area contributed by atoms with Crippen LogP contribution in [0.15, 0.2) is 24.3 Å².